The smallest absolute Gasteiger partial charge is 0.122 e. The van der Waals surface area contributed by atoms with E-state index in [-0.39, 0.29) is 0 Å². The summed E-state index contributed by atoms with van der Waals surface area (Å²) in [6.07, 6.45) is 4.17. The highest BCUT2D eigenvalue weighted by Crippen LogP contribution is 2.39. The molecule has 0 bridgehead atoms. The second-order valence-electron chi connectivity index (χ2n) is 7.48. The average molecular weight is 342 g/mol. The van der Waals surface area contributed by atoms with E-state index >= 15 is 0 Å². The van der Waals surface area contributed by atoms with Gasteiger partial charge in [-0.3, -0.25) is 0 Å². The zero-order valence-corrected chi connectivity index (χ0v) is 17.2. The predicted molar refractivity (Wildman–Crippen MR) is 108 cm³/mol. The Morgan fingerprint density at radius 1 is 1.25 bits per heavy atom. The number of hydrogen-bond donors (Lipinski definition) is 0. The number of benzene rings is 1. The molecule has 1 aliphatic carbocycles. The fraction of sp³-hybridized carbons (Fsp3) is 0.429. The summed E-state index contributed by atoms with van der Waals surface area (Å²) in [5.74, 6) is 1.55. The number of likely N-dealkylation sites (N-methyl/N-ethyl adjacent to an activating group) is 1. The van der Waals surface area contributed by atoms with Crippen LogP contribution in [0.1, 0.15) is 19.4 Å². The van der Waals surface area contributed by atoms with Crippen LogP contribution in [0.5, 0.6) is 5.75 Å². The second kappa shape index (κ2) is 7.02. The molecule has 0 radical (unpaired) electrons. The average Bonchev–Trinajstić information content (AvgIpc) is 2.82. The van der Waals surface area contributed by atoms with Crippen LogP contribution in [0.4, 0.5) is 0 Å². The van der Waals surface area contributed by atoms with Crippen LogP contribution in [0.2, 0.25) is 13.1 Å². The fourth-order valence-electron chi connectivity index (χ4n) is 3.72. The van der Waals surface area contributed by atoms with Crippen LogP contribution in [0.3, 0.4) is 0 Å². The van der Waals surface area contributed by atoms with Gasteiger partial charge in [0.25, 0.3) is 0 Å². The predicted octanol–water partition coefficient (Wildman–Crippen LogP) is 4.43. The van der Waals surface area contributed by atoms with Crippen molar-refractivity contribution < 1.29 is 4.74 Å². The third kappa shape index (κ3) is 3.23. The zero-order chi connectivity index (χ0) is 18.1. The van der Waals surface area contributed by atoms with Crippen LogP contribution in [0, 0.1) is 12.8 Å². The van der Waals surface area contributed by atoms with E-state index in [4.69, 9.17) is 4.74 Å². The first kappa shape index (κ1) is 18.6. The van der Waals surface area contributed by atoms with Crippen molar-refractivity contribution in [3.8, 4) is 5.75 Å². The van der Waals surface area contributed by atoms with E-state index in [1.54, 1.807) is 5.20 Å². The maximum absolute atomic E-state index is 6.08. The van der Waals surface area contributed by atoms with Crippen molar-refractivity contribution in [2.75, 3.05) is 20.7 Å². The summed E-state index contributed by atoms with van der Waals surface area (Å²) < 4.78 is 6.08. The summed E-state index contributed by atoms with van der Waals surface area (Å²) in [6, 6.07) is 6.56. The van der Waals surface area contributed by atoms with Gasteiger partial charge in [0, 0.05) is 19.8 Å². The van der Waals surface area contributed by atoms with Gasteiger partial charge in [0.05, 0.1) is 0 Å². The van der Waals surface area contributed by atoms with E-state index in [0.29, 0.717) is 12.5 Å². The molecule has 0 aliphatic heterocycles. The Hall–Kier alpha value is -1.74. The van der Waals surface area contributed by atoms with Gasteiger partial charge >= 0.3 is 0 Å². The van der Waals surface area contributed by atoms with Crippen LogP contribution in [0.25, 0.3) is 0 Å². The lowest BCUT2D eigenvalue weighted by atomic mass is 10.1. The maximum Gasteiger partial charge on any atom is 0.122 e. The molecule has 3 heteroatoms. The van der Waals surface area contributed by atoms with Gasteiger partial charge in [0.1, 0.15) is 20.4 Å². The van der Waals surface area contributed by atoms with E-state index in [9.17, 15) is 0 Å². The lowest BCUT2D eigenvalue weighted by molar-refractivity contribution is 0.363. The van der Waals surface area contributed by atoms with Crippen LogP contribution in [-0.2, 0) is 0 Å². The van der Waals surface area contributed by atoms with Gasteiger partial charge in [-0.25, -0.2) is 0 Å². The van der Waals surface area contributed by atoms with Crippen molar-refractivity contribution in [3.05, 3.63) is 59.0 Å². The first-order valence-corrected chi connectivity index (χ1v) is 11.7. The molecular weight excluding hydrogens is 310 g/mol. The molecule has 0 aromatic heterocycles. The normalized spacial score (nSPS) is 17.8. The van der Waals surface area contributed by atoms with Crippen LogP contribution in [0.15, 0.2) is 53.4 Å². The van der Waals surface area contributed by atoms with Gasteiger partial charge in [0.15, 0.2) is 0 Å². The Bertz CT molecular complexity index is 698. The summed E-state index contributed by atoms with van der Waals surface area (Å²) in [5.41, 5.74) is 4.04. The lowest BCUT2D eigenvalue weighted by Gasteiger charge is -2.33. The third-order valence-electron chi connectivity index (χ3n) is 5.14. The number of rotatable bonds is 6. The quantitative estimate of drug-likeness (QED) is 0.561. The first-order chi connectivity index (χ1) is 11.2. The molecule has 0 saturated heterocycles. The highest BCUT2D eigenvalue weighted by atomic mass is 28.3. The van der Waals surface area contributed by atoms with Crippen LogP contribution >= 0.6 is 0 Å². The number of para-hydroxylation sites is 1. The zero-order valence-electron chi connectivity index (χ0n) is 16.2. The highest BCUT2D eigenvalue weighted by Gasteiger charge is 2.39. The van der Waals surface area contributed by atoms with Crippen molar-refractivity contribution in [1.29, 1.82) is 0 Å². The summed E-state index contributed by atoms with van der Waals surface area (Å²) in [4.78, 5) is 2.26. The molecular formula is C21H31NOSi. The van der Waals surface area contributed by atoms with Gasteiger partial charge in [-0.15, -0.1) is 0 Å². The Morgan fingerprint density at radius 3 is 2.50 bits per heavy atom. The Kier molecular flexibility index (Phi) is 5.44. The maximum atomic E-state index is 6.08. The molecule has 0 saturated carbocycles. The van der Waals surface area contributed by atoms with Crippen molar-refractivity contribution >= 4 is 13.3 Å². The summed E-state index contributed by atoms with van der Waals surface area (Å²) >= 11 is 0. The number of ether oxygens (including phenoxy) is 1. The summed E-state index contributed by atoms with van der Waals surface area (Å²) in [7, 11) is 2.42. The Balaban J connectivity index is 2.61. The molecule has 1 aliphatic rings. The van der Waals surface area contributed by atoms with E-state index in [1.807, 2.05) is 6.08 Å². The third-order valence-corrected chi connectivity index (χ3v) is 8.92. The number of allylic oxidation sites excluding steroid dienone is 3. The number of hydrogen-bond acceptors (Lipinski definition) is 2. The van der Waals surface area contributed by atoms with Crippen molar-refractivity contribution in [1.82, 2.24) is 4.90 Å². The molecule has 1 aromatic rings. The number of aryl methyl sites for hydroxylation is 1. The second-order valence-corrected chi connectivity index (χ2v) is 11.8. The molecule has 0 heterocycles. The molecule has 1 atom stereocenters. The van der Waals surface area contributed by atoms with Gasteiger partial charge < -0.3 is 9.64 Å². The molecule has 130 valence electrons. The van der Waals surface area contributed by atoms with Crippen LogP contribution in [-0.4, -0.2) is 33.7 Å². The van der Waals surface area contributed by atoms with E-state index in [2.05, 4.69) is 83.7 Å². The molecule has 2 rings (SSSR count). The van der Waals surface area contributed by atoms with Gasteiger partial charge in [-0.05, 0) is 41.8 Å². The topological polar surface area (TPSA) is 12.5 Å². The molecule has 1 unspecified atom stereocenters. The lowest BCUT2D eigenvalue weighted by Crippen LogP contribution is -2.47. The van der Waals surface area contributed by atoms with Gasteiger partial charge in [0.2, 0.25) is 0 Å². The molecule has 24 heavy (non-hydrogen) atoms. The fourth-order valence-corrected chi connectivity index (χ4v) is 7.61. The standard InChI is InChI=1S/C21H31NOSi/c1-9-13-23-20-15(2)11-10-12-19(20)24(7,8)21-17(4)16(3)14-18(21)22(5)6/h9-12,14,17H,1,13H2,2-8H3. The molecule has 0 fully saturated rings. The molecule has 2 nitrogen and oxygen atoms in total. The largest absolute Gasteiger partial charge is 0.489 e. The van der Waals surface area contributed by atoms with Gasteiger partial charge in [-0.1, -0.05) is 56.4 Å². The molecule has 1 aromatic carbocycles. The minimum Gasteiger partial charge on any atom is -0.489 e. The Morgan fingerprint density at radius 2 is 1.92 bits per heavy atom. The van der Waals surface area contributed by atoms with Crippen molar-refractivity contribution in [3.63, 3.8) is 0 Å². The highest BCUT2D eigenvalue weighted by molar-refractivity contribution is 6.96. The number of nitrogens with zero attached hydrogens (tertiary/aromatic N) is 1. The van der Waals surface area contributed by atoms with Crippen molar-refractivity contribution in [2.24, 2.45) is 5.92 Å². The van der Waals surface area contributed by atoms with E-state index in [1.165, 1.54) is 22.0 Å². The summed E-state index contributed by atoms with van der Waals surface area (Å²) in [5, 5.41) is 2.98. The summed E-state index contributed by atoms with van der Waals surface area (Å²) in [6.45, 7) is 16.0. The Labute approximate surface area is 148 Å². The monoisotopic (exact) mass is 341 g/mol. The van der Waals surface area contributed by atoms with Crippen LogP contribution < -0.4 is 9.92 Å². The van der Waals surface area contributed by atoms with Crippen molar-refractivity contribution in [2.45, 2.75) is 33.9 Å². The SMILES string of the molecule is C=CCOc1c(C)cccc1[Si](C)(C)C1=C(N(C)C)C=C(C)C1C. The van der Waals surface area contributed by atoms with E-state index in [0.717, 1.165) is 5.75 Å². The minimum atomic E-state index is -1.88. The minimum absolute atomic E-state index is 0.497. The van der Waals surface area contributed by atoms with Gasteiger partial charge in [-0.2, -0.15) is 0 Å². The first-order valence-electron chi connectivity index (χ1n) is 8.65. The molecule has 0 spiro atoms. The molecule has 0 N–H and O–H groups in total. The van der Waals surface area contributed by atoms with E-state index < -0.39 is 8.07 Å². The molecule has 0 amide bonds.